The van der Waals surface area contributed by atoms with Gasteiger partial charge in [-0.15, -0.1) is 0 Å². The molecule has 3 rings (SSSR count). The number of anilines is 3. The molecule has 3 aromatic rings. The molecular formula is C32H35N3O4. The molecule has 0 fully saturated rings. The maximum atomic E-state index is 13.2. The van der Waals surface area contributed by atoms with Crippen molar-refractivity contribution in [1.82, 2.24) is 0 Å². The van der Waals surface area contributed by atoms with Crippen molar-refractivity contribution >= 4 is 46.6 Å². The monoisotopic (exact) mass is 525 g/mol. The van der Waals surface area contributed by atoms with Gasteiger partial charge >= 0.3 is 0 Å². The van der Waals surface area contributed by atoms with Crippen molar-refractivity contribution in [1.29, 1.82) is 0 Å². The minimum Gasteiger partial charge on any atom is -0.326 e. The first-order valence-corrected chi connectivity index (χ1v) is 12.7. The predicted molar refractivity (Wildman–Crippen MR) is 157 cm³/mol. The van der Waals surface area contributed by atoms with E-state index in [9.17, 15) is 19.2 Å². The first kappa shape index (κ1) is 29.0. The molecule has 0 atom stereocenters. The largest absolute Gasteiger partial charge is 0.326 e. The molecule has 7 heteroatoms. The van der Waals surface area contributed by atoms with Crippen LogP contribution in [0.2, 0.25) is 0 Å². The molecular weight excluding hydrogens is 490 g/mol. The molecule has 0 aromatic heterocycles. The molecule has 0 bridgehead atoms. The molecule has 0 aliphatic rings. The second-order valence-corrected chi connectivity index (χ2v) is 11.4. The van der Waals surface area contributed by atoms with E-state index in [-0.39, 0.29) is 23.2 Å². The molecule has 0 spiro atoms. The Morgan fingerprint density at radius 2 is 1.15 bits per heavy atom. The van der Waals surface area contributed by atoms with Gasteiger partial charge in [0.05, 0.1) is 0 Å². The average molecular weight is 526 g/mol. The molecule has 3 N–H and O–H groups in total. The van der Waals surface area contributed by atoms with Crippen molar-refractivity contribution in [2.75, 3.05) is 16.0 Å². The lowest BCUT2D eigenvalue weighted by atomic mass is 9.95. The summed E-state index contributed by atoms with van der Waals surface area (Å²) in [6.07, 6.45) is 3.18. The number of allylic oxidation sites excluding steroid dienone is 1. The molecule has 0 saturated carbocycles. The minimum atomic E-state index is -0.650. The highest BCUT2D eigenvalue weighted by molar-refractivity contribution is 6.08. The van der Waals surface area contributed by atoms with Gasteiger partial charge in [-0.3, -0.25) is 19.2 Å². The van der Waals surface area contributed by atoms with Gasteiger partial charge in [-0.2, -0.15) is 0 Å². The summed E-state index contributed by atoms with van der Waals surface area (Å²) in [7, 11) is 0. The van der Waals surface area contributed by atoms with Gasteiger partial charge in [0, 0.05) is 39.0 Å². The summed E-state index contributed by atoms with van der Waals surface area (Å²) in [5.74, 6) is -0.992. The van der Waals surface area contributed by atoms with Gasteiger partial charge in [-0.05, 0) is 42.0 Å². The quantitative estimate of drug-likeness (QED) is 0.233. The van der Waals surface area contributed by atoms with Crippen LogP contribution in [0.1, 0.15) is 67.8 Å². The third-order valence-electron chi connectivity index (χ3n) is 5.70. The van der Waals surface area contributed by atoms with Gasteiger partial charge in [0.15, 0.2) is 5.78 Å². The topological polar surface area (TPSA) is 104 Å². The Labute approximate surface area is 229 Å². The first-order valence-electron chi connectivity index (χ1n) is 12.7. The molecule has 0 unspecified atom stereocenters. The van der Waals surface area contributed by atoms with Crippen molar-refractivity contribution in [3.63, 3.8) is 0 Å². The van der Waals surface area contributed by atoms with E-state index in [0.29, 0.717) is 22.6 Å². The number of rotatable bonds is 7. The Morgan fingerprint density at radius 1 is 0.590 bits per heavy atom. The van der Waals surface area contributed by atoms with Crippen LogP contribution in [0.15, 0.2) is 78.9 Å². The molecule has 3 amide bonds. The molecule has 0 radical (unpaired) electrons. The zero-order valence-electron chi connectivity index (χ0n) is 23.2. The van der Waals surface area contributed by atoms with E-state index in [4.69, 9.17) is 0 Å². The molecule has 0 aliphatic carbocycles. The standard InChI is InChI=1S/C32H35N3O4/c1-31(2,3)29(38)34-25-18-23(19-26(20-25)35-30(39)32(4,5)6)28(37)33-24-14-10-11-21(17-24)15-16-27(36)22-12-8-7-9-13-22/h7-20H,1-6H3,(H,33,37)(H,34,38)(H,35,39). The van der Waals surface area contributed by atoms with E-state index < -0.39 is 16.7 Å². The van der Waals surface area contributed by atoms with E-state index in [1.54, 1.807) is 108 Å². The number of hydrogen-bond acceptors (Lipinski definition) is 4. The highest BCUT2D eigenvalue weighted by Gasteiger charge is 2.24. The fourth-order valence-electron chi connectivity index (χ4n) is 3.33. The summed E-state index contributed by atoms with van der Waals surface area (Å²) in [6, 6.07) is 20.8. The van der Waals surface area contributed by atoms with Crippen LogP contribution in [0.3, 0.4) is 0 Å². The van der Waals surface area contributed by atoms with Crippen LogP contribution in [0.25, 0.3) is 6.08 Å². The average Bonchev–Trinajstić information content (AvgIpc) is 2.86. The van der Waals surface area contributed by atoms with E-state index >= 15 is 0 Å². The molecule has 0 aliphatic heterocycles. The summed E-state index contributed by atoms with van der Waals surface area (Å²) < 4.78 is 0. The van der Waals surface area contributed by atoms with Crippen LogP contribution < -0.4 is 16.0 Å². The highest BCUT2D eigenvalue weighted by atomic mass is 16.2. The maximum Gasteiger partial charge on any atom is 0.255 e. The first-order chi connectivity index (χ1) is 18.2. The number of benzene rings is 3. The van der Waals surface area contributed by atoms with E-state index in [1.807, 2.05) is 12.1 Å². The van der Waals surface area contributed by atoms with Crippen molar-refractivity contribution in [3.05, 3.63) is 95.6 Å². The number of ketones is 1. The van der Waals surface area contributed by atoms with Gasteiger partial charge in [-0.25, -0.2) is 0 Å². The Morgan fingerprint density at radius 3 is 1.69 bits per heavy atom. The van der Waals surface area contributed by atoms with Crippen LogP contribution in [0, 0.1) is 10.8 Å². The second kappa shape index (κ2) is 11.9. The number of nitrogens with one attached hydrogen (secondary N) is 3. The molecule has 39 heavy (non-hydrogen) atoms. The van der Waals surface area contributed by atoms with E-state index in [2.05, 4.69) is 16.0 Å². The number of amides is 3. The summed E-state index contributed by atoms with van der Waals surface area (Å²) in [4.78, 5) is 50.8. The van der Waals surface area contributed by atoms with Crippen LogP contribution in [-0.4, -0.2) is 23.5 Å². The van der Waals surface area contributed by atoms with Gasteiger partial charge in [-0.1, -0.05) is 90.1 Å². The molecule has 7 nitrogen and oxygen atoms in total. The molecule has 202 valence electrons. The third kappa shape index (κ3) is 8.50. The Hall–Kier alpha value is -4.52. The highest BCUT2D eigenvalue weighted by Crippen LogP contribution is 2.25. The van der Waals surface area contributed by atoms with Crippen LogP contribution in [0.5, 0.6) is 0 Å². The summed E-state index contributed by atoms with van der Waals surface area (Å²) >= 11 is 0. The van der Waals surface area contributed by atoms with Gasteiger partial charge in [0.1, 0.15) is 0 Å². The van der Waals surface area contributed by atoms with Crippen LogP contribution >= 0.6 is 0 Å². The number of hydrogen-bond donors (Lipinski definition) is 3. The van der Waals surface area contributed by atoms with Gasteiger partial charge in [0.2, 0.25) is 11.8 Å². The van der Waals surface area contributed by atoms with Crippen LogP contribution in [-0.2, 0) is 9.59 Å². The third-order valence-corrected chi connectivity index (χ3v) is 5.70. The number of carbonyl (C=O) groups excluding carboxylic acids is 4. The Bertz CT molecular complexity index is 1370. The van der Waals surface area contributed by atoms with Crippen molar-refractivity contribution in [2.24, 2.45) is 10.8 Å². The summed E-state index contributed by atoms with van der Waals surface area (Å²) in [5, 5.41) is 8.52. The Balaban J connectivity index is 1.84. The van der Waals surface area contributed by atoms with E-state index in [0.717, 1.165) is 5.56 Å². The predicted octanol–water partition coefficient (Wildman–Crippen LogP) is 6.80. The lowest BCUT2D eigenvalue weighted by molar-refractivity contribution is -0.123. The smallest absolute Gasteiger partial charge is 0.255 e. The molecule has 0 saturated heterocycles. The lowest BCUT2D eigenvalue weighted by Crippen LogP contribution is -2.29. The normalized spacial score (nSPS) is 11.6. The lowest BCUT2D eigenvalue weighted by Gasteiger charge is -2.20. The zero-order valence-corrected chi connectivity index (χ0v) is 23.2. The van der Waals surface area contributed by atoms with Crippen molar-refractivity contribution in [3.8, 4) is 0 Å². The summed E-state index contributed by atoms with van der Waals surface area (Å²) in [5.41, 5.74) is 1.59. The van der Waals surface area contributed by atoms with Gasteiger partial charge < -0.3 is 16.0 Å². The fourth-order valence-corrected chi connectivity index (χ4v) is 3.33. The Kier molecular flexibility index (Phi) is 8.86. The molecule has 0 heterocycles. The second-order valence-electron chi connectivity index (χ2n) is 11.4. The minimum absolute atomic E-state index is 0.121. The van der Waals surface area contributed by atoms with Crippen molar-refractivity contribution in [2.45, 2.75) is 41.5 Å². The summed E-state index contributed by atoms with van der Waals surface area (Å²) in [6.45, 7) is 10.7. The number of carbonyl (C=O) groups is 4. The van der Waals surface area contributed by atoms with E-state index in [1.165, 1.54) is 6.08 Å². The SMILES string of the molecule is CC(C)(C)C(=O)Nc1cc(NC(=O)C(C)(C)C)cc(C(=O)Nc2cccc(C=CC(=O)c3ccccc3)c2)c1. The zero-order chi connectivity index (χ0) is 28.8. The fraction of sp³-hybridized carbons (Fsp3) is 0.250. The van der Waals surface area contributed by atoms with Crippen molar-refractivity contribution < 1.29 is 19.2 Å². The maximum absolute atomic E-state index is 13.2. The molecule has 3 aromatic carbocycles. The van der Waals surface area contributed by atoms with Gasteiger partial charge in [0.25, 0.3) is 5.91 Å². The van der Waals surface area contributed by atoms with Crippen LogP contribution in [0.4, 0.5) is 17.1 Å².